The Balaban J connectivity index is 1.58. The van der Waals surface area contributed by atoms with Crippen LogP contribution in [-0.2, 0) is 10.2 Å². The number of rotatable bonds is 6. The highest BCUT2D eigenvalue weighted by atomic mass is 16.6. The van der Waals surface area contributed by atoms with E-state index in [0.29, 0.717) is 26.2 Å². The monoisotopic (exact) mass is 433 g/mol. The van der Waals surface area contributed by atoms with Crippen LogP contribution in [0.2, 0.25) is 0 Å². The van der Waals surface area contributed by atoms with Crippen LogP contribution < -0.4 is 15.4 Å². The van der Waals surface area contributed by atoms with Crippen molar-refractivity contribution in [1.29, 1.82) is 0 Å². The standard InChI is InChI=1S/C24H39N3O4/c1-23(2,3)18-8-10-20(11-9-18)30-17-7-14-25-21(28)26-19-12-15-27(16-13-19)22(29)31-24(4,5)6/h8-11,19H,7,12-17H2,1-6H3,(H2,25,26,28). The average molecular weight is 434 g/mol. The molecule has 0 unspecified atom stereocenters. The largest absolute Gasteiger partial charge is 0.494 e. The number of ether oxygens (including phenoxy) is 2. The minimum Gasteiger partial charge on any atom is -0.494 e. The van der Waals surface area contributed by atoms with Gasteiger partial charge in [0.1, 0.15) is 11.4 Å². The van der Waals surface area contributed by atoms with Gasteiger partial charge in [-0.2, -0.15) is 0 Å². The number of carbonyl (C=O) groups is 2. The molecule has 1 aromatic carbocycles. The van der Waals surface area contributed by atoms with Crippen molar-refractivity contribution >= 4 is 12.1 Å². The zero-order valence-electron chi connectivity index (χ0n) is 19.9. The molecule has 1 saturated heterocycles. The van der Waals surface area contributed by atoms with Crippen LogP contribution >= 0.6 is 0 Å². The third kappa shape index (κ3) is 9.07. The summed E-state index contributed by atoms with van der Waals surface area (Å²) in [6.45, 7) is 14.4. The molecule has 1 heterocycles. The van der Waals surface area contributed by atoms with E-state index in [-0.39, 0.29) is 23.6 Å². The summed E-state index contributed by atoms with van der Waals surface area (Å²) >= 11 is 0. The van der Waals surface area contributed by atoms with Crippen molar-refractivity contribution in [2.24, 2.45) is 0 Å². The van der Waals surface area contributed by atoms with E-state index in [1.54, 1.807) is 4.90 Å². The van der Waals surface area contributed by atoms with E-state index in [1.807, 2.05) is 32.9 Å². The molecule has 3 amide bonds. The molecule has 0 radical (unpaired) electrons. The number of nitrogens with zero attached hydrogens (tertiary/aromatic N) is 1. The second kappa shape index (κ2) is 10.7. The molecule has 0 spiro atoms. The van der Waals surface area contributed by atoms with Crippen LogP contribution in [0.15, 0.2) is 24.3 Å². The molecule has 0 aromatic heterocycles. The minimum absolute atomic E-state index is 0.0660. The van der Waals surface area contributed by atoms with Gasteiger partial charge in [0.25, 0.3) is 0 Å². The maximum atomic E-state index is 12.1. The van der Waals surface area contributed by atoms with Gasteiger partial charge >= 0.3 is 12.1 Å². The molecule has 7 nitrogen and oxygen atoms in total. The third-order valence-corrected chi connectivity index (χ3v) is 5.08. The van der Waals surface area contributed by atoms with Crippen molar-refractivity contribution in [1.82, 2.24) is 15.5 Å². The summed E-state index contributed by atoms with van der Waals surface area (Å²) < 4.78 is 11.2. The lowest BCUT2D eigenvalue weighted by Gasteiger charge is -2.33. The number of piperidine rings is 1. The zero-order valence-corrected chi connectivity index (χ0v) is 19.9. The smallest absolute Gasteiger partial charge is 0.410 e. The Hall–Kier alpha value is -2.44. The summed E-state index contributed by atoms with van der Waals surface area (Å²) in [6.07, 6.45) is 1.88. The van der Waals surface area contributed by atoms with Crippen LogP contribution in [-0.4, -0.2) is 54.9 Å². The number of amides is 3. The summed E-state index contributed by atoms with van der Waals surface area (Å²) in [5.74, 6) is 0.842. The van der Waals surface area contributed by atoms with E-state index in [9.17, 15) is 9.59 Å². The van der Waals surface area contributed by atoms with Gasteiger partial charge in [-0.15, -0.1) is 0 Å². The molecule has 174 valence electrons. The lowest BCUT2D eigenvalue weighted by atomic mass is 9.87. The van der Waals surface area contributed by atoms with Gasteiger partial charge in [-0.05, 0) is 63.1 Å². The Bertz CT molecular complexity index is 712. The Kier molecular flexibility index (Phi) is 8.60. The Morgan fingerprint density at radius 1 is 1.03 bits per heavy atom. The normalized spacial score (nSPS) is 15.4. The summed E-state index contributed by atoms with van der Waals surface area (Å²) in [7, 11) is 0. The first-order valence-electron chi connectivity index (χ1n) is 11.2. The highest BCUT2D eigenvalue weighted by molar-refractivity contribution is 5.74. The summed E-state index contributed by atoms with van der Waals surface area (Å²) in [6, 6.07) is 8.06. The molecule has 1 aliphatic rings. The Morgan fingerprint density at radius 3 is 2.19 bits per heavy atom. The molecule has 0 atom stereocenters. The van der Waals surface area contributed by atoms with Gasteiger partial charge in [-0.25, -0.2) is 9.59 Å². The number of nitrogens with one attached hydrogen (secondary N) is 2. The molecular weight excluding hydrogens is 394 g/mol. The summed E-state index contributed by atoms with van der Waals surface area (Å²) in [5, 5.41) is 5.86. The predicted octanol–water partition coefficient (Wildman–Crippen LogP) is 4.45. The van der Waals surface area contributed by atoms with Gasteiger partial charge in [-0.3, -0.25) is 0 Å². The summed E-state index contributed by atoms with van der Waals surface area (Å²) in [5.41, 5.74) is 0.906. The van der Waals surface area contributed by atoms with Crippen LogP contribution in [0.5, 0.6) is 5.75 Å². The van der Waals surface area contributed by atoms with Crippen molar-refractivity contribution in [2.45, 2.75) is 77.9 Å². The maximum Gasteiger partial charge on any atom is 0.410 e. The third-order valence-electron chi connectivity index (χ3n) is 5.08. The molecule has 1 aromatic rings. The highest BCUT2D eigenvalue weighted by Crippen LogP contribution is 2.24. The number of hydrogen-bond donors (Lipinski definition) is 2. The van der Waals surface area contributed by atoms with E-state index < -0.39 is 5.60 Å². The van der Waals surface area contributed by atoms with Gasteiger partial charge in [0.2, 0.25) is 0 Å². The molecule has 0 bridgehead atoms. The topological polar surface area (TPSA) is 79.9 Å². The lowest BCUT2D eigenvalue weighted by Crippen LogP contribution is -2.50. The number of urea groups is 1. The van der Waals surface area contributed by atoms with Gasteiger partial charge < -0.3 is 25.0 Å². The van der Waals surface area contributed by atoms with E-state index in [4.69, 9.17) is 9.47 Å². The van der Waals surface area contributed by atoms with Gasteiger partial charge in [0, 0.05) is 25.7 Å². The quantitative estimate of drug-likeness (QED) is 0.650. The minimum atomic E-state index is -0.494. The fraction of sp³-hybridized carbons (Fsp3) is 0.667. The first-order chi connectivity index (χ1) is 14.4. The Morgan fingerprint density at radius 2 is 1.65 bits per heavy atom. The molecule has 0 saturated carbocycles. The maximum absolute atomic E-state index is 12.1. The van der Waals surface area contributed by atoms with E-state index in [2.05, 4.69) is 43.5 Å². The van der Waals surface area contributed by atoms with Crippen molar-refractivity contribution < 1.29 is 19.1 Å². The van der Waals surface area contributed by atoms with Gasteiger partial charge in [0.15, 0.2) is 0 Å². The fourth-order valence-corrected chi connectivity index (χ4v) is 3.28. The van der Waals surface area contributed by atoms with E-state index in [1.165, 1.54) is 5.56 Å². The second-order valence-corrected chi connectivity index (χ2v) is 10.1. The van der Waals surface area contributed by atoms with Crippen LogP contribution in [0.25, 0.3) is 0 Å². The van der Waals surface area contributed by atoms with Crippen LogP contribution in [0.3, 0.4) is 0 Å². The molecule has 0 aliphatic carbocycles. The second-order valence-electron chi connectivity index (χ2n) is 10.1. The number of carbonyl (C=O) groups excluding carboxylic acids is 2. The van der Waals surface area contributed by atoms with Crippen molar-refractivity contribution in [3.05, 3.63) is 29.8 Å². The van der Waals surface area contributed by atoms with Crippen LogP contribution in [0.4, 0.5) is 9.59 Å². The van der Waals surface area contributed by atoms with Crippen molar-refractivity contribution in [2.75, 3.05) is 26.2 Å². The fourth-order valence-electron chi connectivity index (χ4n) is 3.28. The lowest BCUT2D eigenvalue weighted by molar-refractivity contribution is 0.0201. The molecule has 2 N–H and O–H groups in total. The average Bonchev–Trinajstić information content (AvgIpc) is 2.66. The Labute approximate surface area is 186 Å². The molecule has 7 heteroatoms. The molecular formula is C24H39N3O4. The van der Waals surface area contributed by atoms with Crippen molar-refractivity contribution in [3.8, 4) is 5.75 Å². The van der Waals surface area contributed by atoms with E-state index in [0.717, 1.165) is 25.0 Å². The first-order valence-corrected chi connectivity index (χ1v) is 11.2. The number of benzene rings is 1. The molecule has 2 rings (SSSR count). The zero-order chi connectivity index (χ0) is 23.1. The molecule has 31 heavy (non-hydrogen) atoms. The number of hydrogen-bond acceptors (Lipinski definition) is 4. The van der Waals surface area contributed by atoms with E-state index >= 15 is 0 Å². The predicted molar refractivity (Wildman–Crippen MR) is 123 cm³/mol. The summed E-state index contributed by atoms with van der Waals surface area (Å²) in [4.78, 5) is 25.9. The molecule has 1 aliphatic heterocycles. The SMILES string of the molecule is CC(C)(C)OC(=O)N1CCC(NC(=O)NCCCOc2ccc(C(C)(C)C)cc2)CC1. The van der Waals surface area contributed by atoms with Crippen LogP contribution in [0.1, 0.15) is 66.4 Å². The van der Waals surface area contributed by atoms with Gasteiger partial charge in [-0.1, -0.05) is 32.9 Å². The highest BCUT2D eigenvalue weighted by Gasteiger charge is 2.27. The van der Waals surface area contributed by atoms with Gasteiger partial charge in [0.05, 0.1) is 6.61 Å². The first kappa shape index (κ1) is 24.8. The van der Waals surface area contributed by atoms with Crippen LogP contribution in [0, 0.1) is 0 Å². The number of likely N-dealkylation sites (tertiary alicyclic amines) is 1. The molecule has 1 fully saturated rings. The van der Waals surface area contributed by atoms with Crippen molar-refractivity contribution in [3.63, 3.8) is 0 Å².